The molecule has 0 N–H and O–H groups in total. The summed E-state index contributed by atoms with van der Waals surface area (Å²) in [5.74, 6) is 4.06. The number of halogens is 2. The van der Waals surface area contributed by atoms with Crippen molar-refractivity contribution >= 4 is 27.5 Å². The predicted molar refractivity (Wildman–Crippen MR) is 79.0 cm³/mol. The van der Waals surface area contributed by atoms with Crippen LogP contribution in [-0.2, 0) is 9.47 Å². The number of fused-ring (bicyclic) bond motifs is 1. The molecule has 0 aromatic heterocycles. The summed E-state index contributed by atoms with van der Waals surface area (Å²) in [7, 11) is 0. The smallest absolute Gasteiger partial charge is 0.128 e. The molecule has 0 spiro atoms. The van der Waals surface area contributed by atoms with Gasteiger partial charge in [-0.05, 0) is 12.5 Å². The minimum Gasteiger partial charge on any atom is -0.491 e. The van der Waals surface area contributed by atoms with Gasteiger partial charge in [0.25, 0.3) is 0 Å². The van der Waals surface area contributed by atoms with Crippen molar-refractivity contribution in [3.8, 4) is 12.3 Å². The van der Waals surface area contributed by atoms with Gasteiger partial charge < -0.3 is 9.47 Å². The molecule has 0 aromatic rings. The summed E-state index contributed by atoms with van der Waals surface area (Å²) in [5, 5.41) is -0.106. The highest BCUT2D eigenvalue weighted by Gasteiger charge is 2.63. The van der Waals surface area contributed by atoms with Gasteiger partial charge >= 0.3 is 0 Å². The van der Waals surface area contributed by atoms with Crippen LogP contribution in [0.1, 0.15) is 19.8 Å². The molecular weight excluding hydrogens is 328 g/mol. The lowest BCUT2D eigenvalue weighted by molar-refractivity contribution is 0.0690. The number of hydrogen-bond acceptors (Lipinski definition) is 2. The number of allylic oxidation sites excluding steroid dienone is 3. The fraction of sp³-hybridized carbons (Fsp3) is 0.600. The monoisotopic (exact) mass is 342 g/mol. The van der Waals surface area contributed by atoms with Crippen LogP contribution in [0.3, 0.4) is 0 Å². The fourth-order valence-electron chi connectivity index (χ4n) is 3.50. The third kappa shape index (κ3) is 2.05. The zero-order chi connectivity index (χ0) is 13.6. The lowest BCUT2D eigenvalue weighted by Gasteiger charge is -2.25. The molecule has 3 fully saturated rings. The highest BCUT2D eigenvalue weighted by atomic mass is 79.9. The molecule has 0 radical (unpaired) electrons. The Balaban J connectivity index is 1.91. The van der Waals surface area contributed by atoms with E-state index in [0.717, 1.165) is 23.1 Å². The first-order valence-electron chi connectivity index (χ1n) is 6.64. The second-order valence-electron chi connectivity index (χ2n) is 5.23. The van der Waals surface area contributed by atoms with Crippen LogP contribution in [-0.4, -0.2) is 23.7 Å². The van der Waals surface area contributed by atoms with Gasteiger partial charge in [-0.1, -0.05) is 34.9 Å². The van der Waals surface area contributed by atoms with Crippen molar-refractivity contribution in [3.63, 3.8) is 0 Å². The number of terminal acetylenes is 1. The SMILES string of the molecule is C#C/C=C\[C@H](Cl)[C@@H]1[C@H]2/C(=C(\Br)CC)O[C@H]3C[C@@H]1O[C@@H]23. The zero-order valence-electron chi connectivity index (χ0n) is 10.7. The maximum atomic E-state index is 6.51. The Bertz CT molecular complexity index is 477. The summed E-state index contributed by atoms with van der Waals surface area (Å²) < 4.78 is 13.2. The largest absolute Gasteiger partial charge is 0.491 e. The molecule has 3 heterocycles. The van der Waals surface area contributed by atoms with E-state index in [1.54, 1.807) is 6.08 Å². The van der Waals surface area contributed by atoms with Gasteiger partial charge in [-0.2, -0.15) is 0 Å². The van der Waals surface area contributed by atoms with Crippen molar-refractivity contribution in [1.82, 2.24) is 0 Å². The quantitative estimate of drug-likeness (QED) is 0.576. The zero-order valence-corrected chi connectivity index (χ0v) is 13.0. The summed E-state index contributed by atoms with van der Waals surface area (Å²) in [6.07, 6.45) is 11.3. The Morgan fingerprint density at radius 3 is 3.11 bits per heavy atom. The van der Waals surface area contributed by atoms with E-state index in [2.05, 4.69) is 28.8 Å². The lowest BCUT2D eigenvalue weighted by Crippen LogP contribution is -2.34. The minimum atomic E-state index is -0.106. The molecule has 102 valence electrons. The van der Waals surface area contributed by atoms with Gasteiger partial charge in [0.05, 0.1) is 17.4 Å². The molecule has 0 unspecified atom stereocenters. The number of ether oxygens (including phenoxy) is 2. The van der Waals surface area contributed by atoms with E-state index in [9.17, 15) is 0 Å². The topological polar surface area (TPSA) is 18.5 Å². The minimum absolute atomic E-state index is 0.106. The van der Waals surface area contributed by atoms with Gasteiger partial charge in [-0.3, -0.25) is 0 Å². The van der Waals surface area contributed by atoms with E-state index in [-0.39, 0.29) is 35.5 Å². The second kappa shape index (κ2) is 5.16. The summed E-state index contributed by atoms with van der Waals surface area (Å²) in [5.41, 5.74) is 0. The molecule has 3 aliphatic heterocycles. The van der Waals surface area contributed by atoms with Crippen LogP contribution in [0, 0.1) is 24.2 Å². The molecule has 0 amide bonds. The Labute approximate surface area is 127 Å². The van der Waals surface area contributed by atoms with E-state index in [1.807, 2.05) is 6.08 Å². The Hall–Kier alpha value is -0.430. The van der Waals surface area contributed by atoms with Crippen LogP contribution in [0.15, 0.2) is 22.4 Å². The van der Waals surface area contributed by atoms with Crippen molar-refractivity contribution in [2.45, 2.75) is 43.5 Å². The van der Waals surface area contributed by atoms with Crippen molar-refractivity contribution in [2.75, 3.05) is 0 Å². The first-order chi connectivity index (χ1) is 9.17. The Kier molecular flexibility index (Phi) is 3.68. The van der Waals surface area contributed by atoms with Crippen LogP contribution >= 0.6 is 27.5 Å². The summed E-state index contributed by atoms with van der Waals surface area (Å²) in [6.45, 7) is 2.11. The molecule has 3 rings (SSSR count). The van der Waals surface area contributed by atoms with E-state index < -0.39 is 0 Å². The van der Waals surface area contributed by atoms with Crippen molar-refractivity contribution in [1.29, 1.82) is 0 Å². The van der Waals surface area contributed by atoms with E-state index in [1.165, 1.54) is 0 Å². The molecule has 0 aliphatic carbocycles. The number of hydrogen-bond donors (Lipinski definition) is 0. The molecule has 19 heavy (non-hydrogen) atoms. The molecule has 0 aromatic carbocycles. The molecule has 3 saturated heterocycles. The maximum Gasteiger partial charge on any atom is 0.128 e. The van der Waals surface area contributed by atoms with Gasteiger partial charge in [0.15, 0.2) is 0 Å². The highest BCUT2D eigenvalue weighted by Crippen LogP contribution is 2.56. The van der Waals surface area contributed by atoms with Crippen LogP contribution in [0.4, 0.5) is 0 Å². The van der Waals surface area contributed by atoms with Gasteiger partial charge in [0.1, 0.15) is 18.0 Å². The number of alkyl halides is 1. The average molecular weight is 344 g/mol. The third-order valence-corrected chi connectivity index (χ3v) is 5.65. The van der Waals surface area contributed by atoms with Gasteiger partial charge in [0, 0.05) is 16.8 Å². The molecule has 2 bridgehead atoms. The molecule has 2 nitrogen and oxygen atoms in total. The molecule has 3 aliphatic rings. The van der Waals surface area contributed by atoms with Gasteiger partial charge in [-0.15, -0.1) is 18.0 Å². The predicted octanol–water partition coefficient (Wildman–Crippen LogP) is 3.60. The van der Waals surface area contributed by atoms with Crippen LogP contribution in [0.2, 0.25) is 0 Å². The van der Waals surface area contributed by atoms with Crippen LogP contribution < -0.4 is 0 Å². The first kappa shape index (κ1) is 13.5. The first-order valence-corrected chi connectivity index (χ1v) is 7.87. The maximum absolute atomic E-state index is 6.51. The van der Waals surface area contributed by atoms with Crippen LogP contribution in [0.25, 0.3) is 0 Å². The number of rotatable bonds is 3. The van der Waals surface area contributed by atoms with Crippen molar-refractivity contribution in [3.05, 3.63) is 22.4 Å². The Morgan fingerprint density at radius 2 is 2.42 bits per heavy atom. The van der Waals surface area contributed by atoms with E-state index in [4.69, 9.17) is 27.5 Å². The van der Waals surface area contributed by atoms with Crippen LogP contribution in [0.5, 0.6) is 0 Å². The van der Waals surface area contributed by atoms with Crippen molar-refractivity contribution < 1.29 is 9.47 Å². The molecular formula is C15H16BrClO2. The molecule has 6 atom stereocenters. The summed E-state index contributed by atoms with van der Waals surface area (Å²) in [4.78, 5) is 0. The normalized spacial score (nSPS) is 43.4. The summed E-state index contributed by atoms with van der Waals surface area (Å²) >= 11 is 10.1. The van der Waals surface area contributed by atoms with E-state index >= 15 is 0 Å². The highest BCUT2D eigenvalue weighted by molar-refractivity contribution is 9.11. The van der Waals surface area contributed by atoms with E-state index in [0.29, 0.717) is 0 Å². The van der Waals surface area contributed by atoms with Gasteiger partial charge in [-0.25, -0.2) is 0 Å². The fourth-order valence-corrected chi connectivity index (χ4v) is 4.25. The van der Waals surface area contributed by atoms with Gasteiger partial charge in [0.2, 0.25) is 0 Å². The Morgan fingerprint density at radius 1 is 1.63 bits per heavy atom. The molecule has 4 heteroatoms. The second-order valence-corrected chi connectivity index (χ2v) is 6.69. The third-order valence-electron chi connectivity index (χ3n) is 4.26. The standard InChI is InChI=1S/C15H16BrClO2/c1-3-5-6-9(17)12-10-7-11-15(18-10)13(12)14(19-11)8(16)4-2/h1,5-6,9-13,15H,4,7H2,2H3/b6-5-,14-8+/t9-,10-,11-,12-,13-,15+/m0/s1. The summed E-state index contributed by atoms with van der Waals surface area (Å²) in [6, 6.07) is 0. The van der Waals surface area contributed by atoms with Crippen molar-refractivity contribution in [2.24, 2.45) is 11.8 Å². The molecule has 0 saturated carbocycles. The lowest BCUT2D eigenvalue weighted by atomic mass is 9.77. The average Bonchev–Trinajstić information content (AvgIpc) is 3.02.